The molecule has 118 valence electrons. The van der Waals surface area contributed by atoms with Crippen LogP contribution in [0.2, 0.25) is 0 Å². The van der Waals surface area contributed by atoms with Crippen LogP contribution in [0.3, 0.4) is 0 Å². The fourth-order valence-electron chi connectivity index (χ4n) is 1.90. The fraction of sp³-hybridized carbons (Fsp3) is 0.0833. The molecule has 0 radical (unpaired) electrons. The van der Waals surface area contributed by atoms with Crippen LogP contribution >= 0.6 is 0 Å². The first-order chi connectivity index (χ1) is 11.0. The van der Waals surface area contributed by atoms with Gasteiger partial charge in [-0.15, -0.1) is 10.2 Å². The van der Waals surface area contributed by atoms with Gasteiger partial charge in [-0.05, 0) is 6.07 Å². The van der Waals surface area contributed by atoms with Crippen molar-refractivity contribution in [2.75, 3.05) is 5.43 Å². The number of nitrogens with zero attached hydrogens (tertiary/aromatic N) is 4. The number of furan rings is 1. The van der Waals surface area contributed by atoms with Crippen LogP contribution in [-0.4, -0.2) is 25.7 Å². The Morgan fingerprint density at radius 2 is 2.30 bits per heavy atom. The van der Waals surface area contributed by atoms with E-state index >= 15 is 0 Å². The van der Waals surface area contributed by atoms with Crippen molar-refractivity contribution in [3.63, 3.8) is 0 Å². The summed E-state index contributed by atoms with van der Waals surface area (Å²) in [7, 11) is 0. The zero-order valence-corrected chi connectivity index (χ0v) is 11.8. The molecule has 4 N–H and O–H groups in total. The van der Waals surface area contributed by atoms with Gasteiger partial charge in [-0.3, -0.25) is 20.3 Å². The van der Waals surface area contributed by atoms with Gasteiger partial charge in [0, 0.05) is 19.2 Å². The molecule has 3 heterocycles. The Morgan fingerprint density at radius 1 is 1.52 bits per heavy atom. The van der Waals surface area contributed by atoms with Crippen molar-refractivity contribution in [3.05, 3.63) is 45.7 Å². The minimum Gasteiger partial charge on any atom is -0.397 e. The van der Waals surface area contributed by atoms with Gasteiger partial charge < -0.3 is 15.5 Å². The minimum absolute atomic E-state index is 0.163. The van der Waals surface area contributed by atoms with Gasteiger partial charge in [0.2, 0.25) is 11.7 Å². The second-order valence-electron chi connectivity index (χ2n) is 4.58. The van der Waals surface area contributed by atoms with Gasteiger partial charge in [-0.2, -0.15) is 0 Å². The predicted octanol–water partition coefficient (Wildman–Crippen LogP) is 0.280. The Balaban J connectivity index is 1.98. The lowest BCUT2D eigenvalue weighted by Gasteiger charge is -2.18. The van der Waals surface area contributed by atoms with Gasteiger partial charge in [0.1, 0.15) is 4.92 Å². The molecule has 2 aromatic rings. The number of carbonyl (C=O) groups is 1. The summed E-state index contributed by atoms with van der Waals surface area (Å²) >= 11 is 0. The Kier molecular flexibility index (Phi) is 3.29. The van der Waals surface area contributed by atoms with Crippen LogP contribution in [0.1, 0.15) is 12.7 Å². The third-order valence-electron chi connectivity index (χ3n) is 2.93. The van der Waals surface area contributed by atoms with Crippen LogP contribution in [0.5, 0.6) is 0 Å². The molecule has 0 saturated heterocycles. The van der Waals surface area contributed by atoms with Crippen molar-refractivity contribution in [1.82, 2.24) is 20.2 Å². The molecule has 0 unspecified atom stereocenters. The normalized spacial score (nSPS) is 14.8. The molecule has 3 rings (SSSR count). The zero-order chi connectivity index (χ0) is 16.6. The molecule has 1 amide bonds. The average Bonchev–Trinajstić information content (AvgIpc) is 3.10. The van der Waals surface area contributed by atoms with E-state index in [0.717, 1.165) is 0 Å². The maximum atomic E-state index is 11.0. The molecule has 23 heavy (non-hydrogen) atoms. The van der Waals surface area contributed by atoms with Gasteiger partial charge in [0.15, 0.2) is 11.6 Å². The summed E-state index contributed by atoms with van der Waals surface area (Å²) in [5.74, 6) is 0.110. The summed E-state index contributed by atoms with van der Waals surface area (Å²) < 4.78 is 6.55. The number of nitrogens with two attached hydrogens (primary N) is 1. The Morgan fingerprint density at radius 3 is 2.96 bits per heavy atom. The Bertz CT molecular complexity index is 861. The van der Waals surface area contributed by atoms with Crippen molar-refractivity contribution in [2.24, 2.45) is 5.73 Å². The number of aromatic nitrogens is 3. The van der Waals surface area contributed by atoms with Crippen LogP contribution in [0.25, 0.3) is 17.7 Å². The SMILES string of the molecule is CC(=O)NC=C1Nn2c(nnc2-c2ccc([N+](=O)[O-])o2)C=C1N. The molecular formula is C12H11N7O4. The number of hydrogen-bond acceptors (Lipinski definition) is 8. The molecule has 0 atom stereocenters. The smallest absolute Gasteiger partial charge is 0.397 e. The first kappa shape index (κ1) is 14.3. The Hall–Kier alpha value is -3.63. The zero-order valence-electron chi connectivity index (χ0n) is 11.8. The number of fused-ring (bicyclic) bond motifs is 1. The lowest BCUT2D eigenvalue weighted by molar-refractivity contribution is -0.401. The summed E-state index contributed by atoms with van der Waals surface area (Å²) in [6.07, 6.45) is 2.93. The number of carbonyl (C=O) groups excluding carboxylic acids is 1. The van der Waals surface area contributed by atoms with E-state index in [0.29, 0.717) is 17.2 Å². The van der Waals surface area contributed by atoms with E-state index in [9.17, 15) is 14.9 Å². The number of nitrogens with one attached hydrogen (secondary N) is 2. The van der Waals surface area contributed by atoms with Crippen LogP contribution < -0.4 is 16.5 Å². The van der Waals surface area contributed by atoms with E-state index in [1.165, 1.54) is 36.0 Å². The topological polar surface area (TPSA) is 154 Å². The molecule has 11 heteroatoms. The lowest BCUT2D eigenvalue weighted by Crippen LogP contribution is -2.27. The average molecular weight is 317 g/mol. The van der Waals surface area contributed by atoms with Gasteiger partial charge in [-0.25, -0.2) is 4.68 Å². The van der Waals surface area contributed by atoms with Crippen molar-refractivity contribution >= 4 is 17.9 Å². The van der Waals surface area contributed by atoms with E-state index in [-0.39, 0.29) is 17.5 Å². The molecular weight excluding hydrogens is 306 g/mol. The largest absolute Gasteiger partial charge is 0.433 e. The van der Waals surface area contributed by atoms with Crippen LogP contribution in [0.4, 0.5) is 5.88 Å². The minimum atomic E-state index is -0.648. The number of nitro groups is 1. The van der Waals surface area contributed by atoms with Gasteiger partial charge in [0.05, 0.1) is 17.5 Å². The predicted molar refractivity (Wildman–Crippen MR) is 77.8 cm³/mol. The number of amides is 1. The maximum absolute atomic E-state index is 11.0. The fourth-order valence-corrected chi connectivity index (χ4v) is 1.90. The molecule has 0 saturated carbocycles. The van der Waals surface area contributed by atoms with E-state index in [1.54, 1.807) is 0 Å². The van der Waals surface area contributed by atoms with Crippen molar-refractivity contribution in [3.8, 4) is 11.6 Å². The van der Waals surface area contributed by atoms with Crippen molar-refractivity contribution in [2.45, 2.75) is 6.92 Å². The Labute approximate surface area is 128 Å². The lowest BCUT2D eigenvalue weighted by atomic mass is 10.3. The third kappa shape index (κ3) is 2.62. The first-order valence-corrected chi connectivity index (χ1v) is 6.37. The number of rotatable bonds is 3. The second-order valence-corrected chi connectivity index (χ2v) is 4.58. The summed E-state index contributed by atoms with van der Waals surface area (Å²) in [6.45, 7) is 1.36. The summed E-state index contributed by atoms with van der Waals surface area (Å²) in [6, 6.07) is 2.63. The van der Waals surface area contributed by atoms with Crippen LogP contribution in [-0.2, 0) is 4.79 Å². The maximum Gasteiger partial charge on any atom is 0.433 e. The summed E-state index contributed by atoms with van der Waals surface area (Å²) in [5.41, 5.74) is 9.51. The molecule has 11 nitrogen and oxygen atoms in total. The van der Waals surface area contributed by atoms with E-state index in [4.69, 9.17) is 10.2 Å². The van der Waals surface area contributed by atoms with Crippen LogP contribution in [0.15, 0.2) is 34.1 Å². The molecule has 1 aliphatic heterocycles. The van der Waals surface area contributed by atoms with Gasteiger partial charge >= 0.3 is 5.88 Å². The van der Waals surface area contributed by atoms with Gasteiger partial charge in [-0.1, -0.05) is 0 Å². The first-order valence-electron chi connectivity index (χ1n) is 6.37. The highest BCUT2D eigenvalue weighted by Gasteiger charge is 2.23. The summed E-state index contributed by atoms with van der Waals surface area (Å²) in [5, 5.41) is 21.0. The number of hydrogen-bond donors (Lipinski definition) is 3. The van der Waals surface area contributed by atoms with Crippen LogP contribution in [0, 0.1) is 10.1 Å². The highest BCUT2D eigenvalue weighted by Crippen LogP contribution is 2.27. The van der Waals surface area contributed by atoms with E-state index in [2.05, 4.69) is 20.9 Å². The highest BCUT2D eigenvalue weighted by molar-refractivity contribution is 5.74. The molecule has 0 aromatic carbocycles. The molecule has 0 fully saturated rings. The molecule has 2 aromatic heterocycles. The molecule has 0 aliphatic carbocycles. The molecule has 0 spiro atoms. The van der Waals surface area contributed by atoms with Crippen molar-refractivity contribution < 1.29 is 14.1 Å². The molecule has 0 bridgehead atoms. The second kappa shape index (κ2) is 5.29. The van der Waals surface area contributed by atoms with E-state index in [1.807, 2.05) is 0 Å². The monoisotopic (exact) mass is 317 g/mol. The van der Waals surface area contributed by atoms with Crippen molar-refractivity contribution in [1.29, 1.82) is 0 Å². The van der Waals surface area contributed by atoms with Gasteiger partial charge in [0.25, 0.3) is 0 Å². The highest BCUT2D eigenvalue weighted by atomic mass is 16.6. The third-order valence-corrected chi connectivity index (χ3v) is 2.93. The molecule has 1 aliphatic rings. The van der Waals surface area contributed by atoms with E-state index < -0.39 is 10.8 Å². The quantitative estimate of drug-likeness (QED) is 0.538. The standard InChI is InChI=1S/C12H11N7O4/c1-6(20)14-5-8-7(13)4-10-15-16-12(18(10)17-8)9-2-3-11(23-9)19(21)22/h2-5,17H,13H2,1H3,(H,14,20). The summed E-state index contributed by atoms with van der Waals surface area (Å²) in [4.78, 5) is 21.0.